The molecule has 126 valence electrons. The lowest BCUT2D eigenvalue weighted by Crippen LogP contribution is -2.30. The summed E-state index contributed by atoms with van der Waals surface area (Å²) < 4.78 is 1.77. The molecule has 1 aliphatic rings. The highest BCUT2D eigenvalue weighted by molar-refractivity contribution is 5.94. The molecular formula is C18H18N6O. The molecule has 7 nitrogen and oxygen atoms in total. The molecule has 0 unspecified atom stereocenters. The highest BCUT2D eigenvalue weighted by Crippen LogP contribution is 2.41. The Morgan fingerprint density at radius 3 is 2.64 bits per heavy atom. The first-order valence-electron chi connectivity index (χ1n) is 8.22. The third kappa shape index (κ3) is 3.21. The molecule has 2 heterocycles. The van der Waals surface area contributed by atoms with E-state index in [1.54, 1.807) is 16.9 Å². The van der Waals surface area contributed by atoms with Crippen LogP contribution >= 0.6 is 0 Å². The second-order valence-corrected chi connectivity index (χ2v) is 6.14. The smallest absolute Gasteiger partial charge is 0.282 e. The Morgan fingerprint density at radius 1 is 1.16 bits per heavy atom. The predicted molar refractivity (Wildman–Crippen MR) is 93.4 cm³/mol. The predicted octanol–water partition coefficient (Wildman–Crippen LogP) is 2.61. The fourth-order valence-electron chi connectivity index (χ4n) is 2.67. The lowest BCUT2D eigenvalue weighted by molar-refractivity contribution is 0.0956. The van der Waals surface area contributed by atoms with Gasteiger partial charge in [0.1, 0.15) is 5.82 Å². The van der Waals surface area contributed by atoms with E-state index in [1.165, 1.54) is 5.56 Å². The van der Waals surface area contributed by atoms with E-state index in [2.05, 4.69) is 26.1 Å². The van der Waals surface area contributed by atoms with Gasteiger partial charge in [0, 0.05) is 12.1 Å². The van der Waals surface area contributed by atoms with Crippen molar-refractivity contribution in [2.24, 2.45) is 0 Å². The van der Waals surface area contributed by atoms with Gasteiger partial charge in [-0.1, -0.05) is 29.0 Å². The maximum absolute atomic E-state index is 12.6. The van der Waals surface area contributed by atoms with E-state index >= 15 is 0 Å². The molecule has 0 aliphatic heterocycles. The number of carbonyl (C=O) groups is 1. The summed E-state index contributed by atoms with van der Waals surface area (Å²) in [6, 6.07) is 13.4. The maximum Gasteiger partial charge on any atom is 0.292 e. The van der Waals surface area contributed by atoms with Gasteiger partial charge < -0.3 is 0 Å². The van der Waals surface area contributed by atoms with Gasteiger partial charge >= 0.3 is 0 Å². The van der Waals surface area contributed by atoms with Crippen molar-refractivity contribution in [3.8, 4) is 5.69 Å². The van der Waals surface area contributed by atoms with Crippen LogP contribution < -0.4 is 10.9 Å². The van der Waals surface area contributed by atoms with Crippen molar-refractivity contribution < 1.29 is 4.79 Å². The molecule has 0 bridgehead atoms. The number of aryl methyl sites for hydroxylation is 1. The summed E-state index contributed by atoms with van der Waals surface area (Å²) in [5.41, 5.74) is 8.75. The summed E-state index contributed by atoms with van der Waals surface area (Å²) in [6.07, 6.45) is 3.75. The van der Waals surface area contributed by atoms with Crippen molar-refractivity contribution in [1.29, 1.82) is 0 Å². The van der Waals surface area contributed by atoms with Gasteiger partial charge in [0.25, 0.3) is 5.91 Å². The number of anilines is 1. The molecule has 0 spiro atoms. The van der Waals surface area contributed by atoms with Gasteiger partial charge in [-0.25, -0.2) is 9.67 Å². The van der Waals surface area contributed by atoms with Crippen LogP contribution in [0.1, 0.15) is 40.5 Å². The molecular weight excluding hydrogens is 316 g/mol. The maximum atomic E-state index is 12.6. The van der Waals surface area contributed by atoms with Gasteiger partial charge in [0.05, 0.1) is 11.4 Å². The molecule has 1 saturated carbocycles. The number of benzene rings is 1. The Bertz CT molecular complexity index is 884. The number of hydrogen-bond acceptors (Lipinski definition) is 5. The minimum Gasteiger partial charge on any atom is -0.282 e. The average Bonchev–Trinajstić information content (AvgIpc) is 3.39. The van der Waals surface area contributed by atoms with E-state index in [1.807, 2.05) is 43.3 Å². The van der Waals surface area contributed by atoms with Crippen molar-refractivity contribution in [3.63, 3.8) is 0 Å². The van der Waals surface area contributed by atoms with Crippen LogP contribution in [0, 0.1) is 6.92 Å². The van der Waals surface area contributed by atoms with Crippen LogP contribution in [0.15, 0.2) is 48.7 Å². The Balaban J connectivity index is 1.59. The van der Waals surface area contributed by atoms with Gasteiger partial charge in [-0.3, -0.25) is 15.6 Å². The van der Waals surface area contributed by atoms with Gasteiger partial charge in [0.2, 0.25) is 0 Å². The zero-order chi connectivity index (χ0) is 17.2. The molecule has 1 fully saturated rings. The Morgan fingerprint density at radius 2 is 1.96 bits per heavy atom. The molecule has 7 heteroatoms. The molecule has 2 N–H and O–H groups in total. The van der Waals surface area contributed by atoms with Crippen LogP contribution in [0.3, 0.4) is 0 Å². The summed E-state index contributed by atoms with van der Waals surface area (Å²) >= 11 is 0. The zero-order valence-corrected chi connectivity index (χ0v) is 13.8. The van der Waals surface area contributed by atoms with Gasteiger partial charge in [0.15, 0.2) is 5.69 Å². The third-order valence-electron chi connectivity index (χ3n) is 4.13. The lowest BCUT2D eigenvalue weighted by Gasteiger charge is -2.09. The van der Waals surface area contributed by atoms with Gasteiger partial charge in [-0.15, -0.1) is 5.10 Å². The van der Waals surface area contributed by atoms with Crippen molar-refractivity contribution >= 4 is 11.7 Å². The first-order valence-corrected chi connectivity index (χ1v) is 8.22. The second kappa shape index (κ2) is 6.35. The summed E-state index contributed by atoms with van der Waals surface area (Å²) in [5, 5.41) is 8.34. The fraction of sp³-hybridized carbons (Fsp3) is 0.222. The first kappa shape index (κ1) is 15.3. The number of aromatic nitrogens is 4. The van der Waals surface area contributed by atoms with E-state index in [9.17, 15) is 4.79 Å². The number of carbonyl (C=O) groups excluding carboxylic acids is 1. The molecule has 25 heavy (non-hydrogen) atoms. The number of amides is 1. The number of rotatable bonds is 5. The van der Waals surface area contributed by atoms with Crippen LogP contribution in [-0.2, 0) is 0 Å². The van der Waals surface area contributed by atoms with Crippen molar-refractivity contribution in [3.05, 3.63) is 65.6 Å². The highest BCUT2D eigenvalue weighted by atomic mass is 16.2. The quantitative estimate of drug-likeness (QED) is 0.701. The fourth-order valence-corrected chi connectivity index (χ4v) is 2.67. The number of hydrogen-bond donors (Lipinski definition) is 2. The number of nitrogens with zero attached hydrogens (tertiary/aromatic N) is 4. The normalized spacial score (nSPS) is 13.5. The van der Waals surface area contributed by atoms with E-state index < -0.39 is 0 Å². The molecule has 0 saturated heterocycles. The number of hydrazine groups is 1. The molecule has 1 aliphatic carbocycles. The highest BCUT2D eigenvalue weighted by Gasteiger charge is 2.34. The SMILES string of the molecule is Cc1ccc(-n2nnc(C(=O)NNc3ccccn3)c2C2CC2)cc1. The summed E-state index contributed by atoms with van der Waals surface area (Å²) in [5.74, 6) is 0.576. The molecule has 3 aromatic rings. The van der Waals surface area contributed by atoms with Crippen LogP contribution in [0.4, 0.5) is 5.82 Å². The largest absolute Gasteiger partial charge is 0.292 e. The Kier molecular flexibility index (Phi) is 3.89. The first-order chi connectivity index (χ1) is 12.2. The Hall–Kier alpha value is -3.22. The van der Waals surface area contributed by atoms with Crippen LogP contribution in [0.25, 0.3) is 5.69 Å². The monoisotopic (exact) mass is 334 g/mol. The Labute approximate surface area is 145 Å². The molecule has 4 rings (SSSR count). The average molecular weight is 334 g/mol. The number of pyridine rings is 1. The molecule has 1 amide bonds. The van der Waals surface area contributed by atoms with Crippen LogP contribution in [0.5, 0.6) is 0 Å². The van der Waals surface area contributed by atoms with Crippen molar-refractivity contribution in [2.45, 2.75) is 25.7 Å². The molecule has 0 atom stereocenters. The molecule has 1 aromatic carbocycles. The second-order valence-electron chi connectivity index (χ2n) is 6.14. The van der Waals surface area contributed by atoms with Crippen molar-refractivity contribution in [2.75, 3.05) is 5.43 Å². The zero-order valence-electron chi connectivity index (χ0n) is 13.8. The van der Waals surface area contributed by atoms with Gasteiger partial charge in [-0.05, 0) is 44.0 Å². The topological polar surface area (TPSA) is 84.7 Å². The molecule has 2 aromatic heterocycles. The van der Waals surface area contributed by atoms with E-state index in [0.29, 0.717) is 17.4 Å². The minimum atomic E-state index is -0.314. The van der Waals surface area contributed by atoms with Crippen LogP contribution in [0.2, 0.25) is 0 Å². The summed E-state index contributed by atoms with van der Waals surface area (Å²) in [6.45, 7) is 2.04. The summed E-state index contributed by atoms with van der Waals surface area (Å²) in [7, 11) is 0. The van der Waals surface area contributed by atoms with E-state index in [-0.39, 0.29) is 5.91 Å². The van der Waals surface area contributed by atoms with Crippen LogP contribution in [-0.4, -0.2) is 25.9 Å². The lowest BCUT2D eigenvalue weighted by atomic mass is 10.2. The third-order valence-corrected chi connectivity index (χ3v) is 4.13. The van der Waals surface area contributed by atoms with E-state index in [4.69, 9.17) is 0 Å². The standard InChI is InChI=1S/C18H18N6O/c1-12-5-9-14(10-6-12)24-17(13-7-8-13)16(21-23-24)18(25)22-20-15-4-2-3-11-19-15/h2-6,9-11,13H,7-8H2,1H3,(H,19,20)(H,22,25). The summed E-state index contributed by atoms with van der Waals surface area (Å²) in [4.78, 5) is 16.7. The van der Waals surface area contributed by atoms with Gasteiger partial charge in [-0.2, -0.15) is 0 Å². The van der Waals surface area contributed by atoms with E-state index in [0.717, 1.165) is 24.2 Å². The molecule has 0 radical (unpaired) electrons. The number of nitrogens with one attached hydrogen (secondary N) is 2. The minimum absolute atomic E-state index is 0.314. The van der Waals surface area contributed by atoms with Crippen molar-refractivity contribution in [1.82, 2.24) is 25.4 Å².